The van der Waals surface area contributed by atoms with Crippen molar-refractivity contribution in [3.8, 4) is 21.6 Å². The van der Waals surface area contributed by atoms with Gasteiger partial charge in [-0.15, -0.1) is 11.3 Å². The van der Waals surface area contributed by atoms with Crippen LogP contribution < -0.4 is 5.32 Å². The first-order chi connectivity index (χ1) is 13.9. The molecule has 0 spiro atoms. The van der Waals surface area contributed by atoms with Crippen molar-refractivity contribution in [2.45, 2.75) is 20.8 Å². The van der Waals surface area contributed by atoms with Crippen LogP contribution in [0.2, 0.25) is 0 Å². The van der Waals surface area contributed by atoms with Crippen molar-refractivity contribution in [1.29, 1.82) is 0 Å². The third-order valence-electron chi connectivity index (χ3n) is 4.22. The Kier molecular flexibility index (Phi) is 6.39. The molecule has 7 heteroatoms. The van der Waals surface area contributed by atoms with Crippen LogP contribution in [-0.4, -0.2) is 23.5 Å². The SMILES string of the molecule is CCOC(=O)c1c(NC(=O)C(C)C)sc(-c2ccc(F)cc2)c1-c1ccncc1. The fourth-order valence-electron chi connectivity index (χ4n) is 2.77. The summed E-state index contributed by atoms with van der Waals surface area (Å²) in [6, 6.07) is 9.59. The van der Waals surface area contributed by atoms with Crippen molar-refractivity contribution in [3.63, 3.8) is 0 Å². The fourth-order valence-corrected chi connectivity index (χ4v) is 3.99. The zero-order valence-corrected chi connectivity index (χ0v) is 17.2. The van der Waals surface area contributed by atoms with Gasteiger partial charge in [-0.05, 0) is 42.3 Å². The number of carbonyl (C=O) groups excluding carboxylic acids is 2. The number of halogens is 1. The molecule has 3 aromatic rings. The summed E-state index contributed by atoms with van der Waals surface area (Å²) in [5, 5.41) is 3.26. The number of rotatable bonds is 6. The number of hydrogen-bond donors (Lipinski definition) is 1. The molecule has 1 amide bonds. The predicted octanol–water partition coefficient (Wildman–Crippen LogP) is 5.39. The zero-order chi connectivity index (χ0) is 21.0. The standard InChI is InChI=1S/C22H21FN2O3S/c1-4-28-22(27)18-17(14-9-11-24-12-10-14)19(15-5-7-16(23)8-6-15)29-21(18)25-20(26)13(2)3/h5-13H,4H2,1-3H3,(H,25,26). The highest BCUT2D eigenvalue weighted by molar-refractivity contribution is 7.20. The second-order valence-electron chi connectivity index (χ2n) is 6.62. The van der Waals surface area contributed by atoms with Crippen molar-refractivity contribution in [2.24, 2.45) is 5.92 Å². The van der Waals surface area contributed by atoms with E-state index in [4.69, 9.17) is 4.74 Å². The summed E-state index contributed by atoms with van der Waals surface area (Å²) in [6.45, 7) is 5.48. The Morgan fingerprint density at radius 1 is 1.10 bits per heavy atom. The maximum absolute atomic E-state index is 13.5. The lowest BCUT2D eigenvalue weighted by atomic mass is 9.98. The lowest BCUT2D eigenvalue weighted by molar-refractivity contribution is -0.118. The summed E-state index contributed by atoms with van der Waals surface area (Å²) < 4.78 is 18.7. The normalized spacial score (nSPS) is 10.8. The number of nitrogens with one attached hydrogen (secondary N) is 1. The van der Waals surface area contributed by atoms with Crippen LogP contribution in [0.5, 0.6) is 0 Å². The molecule has 0 saturated carbocycles. The van der Waals surface area contributed by atoms with Crippen molar-refractivity contribution in [3.05, 3.63) is 60.2 Å². The molecule has 0 aliphatic rings. The highest BCUT2D eigenvalue weighted by Gasteiger charge is 2.28. The molecular weight excluding hydrogens is 391 g/mol. The van der Waals surface area contributed by atoms with E-state index in [1.54, 1.807) is 57.4 Å². The number of thiophene rings is 1. The van der Waals surface area contributed by atoms with E-state index < -0.39 is 5.97 Å². The van der Waals surface area contributed by atoms with Gasteiger partial charge in [-0.1, -0.05) is 26.0 Å². The van der Waals surface area contributed by atoms with E-state index in [-0.39, 0.29) is 29.8 Å². The number of anilines is 1. The van der Waals surface area contributed by atoms with Crippen LogP contribution in [0.3, 0.4) is 0 Å². The lowest BCUT2D eigenvalue weighted by Gasteiger charge is -2.10. The number of hydrogen-bond acceptors (Lipinski definition) is 5. The molecule has 0 radical (unpaired) electrons. The molecule has 1 N–H and O–H groups in total. The van der Waals surface area contributed by atoms with Crippen LogP contribution in [0.4, 0.5) is 9.39 Å². The third-order valence-corrected chi connectivity index (χ3v) is 5.38. The molecule has 0 unspecified atom stereocenters. The van der Waals surface area contributed by atoms with Crippen molar-refractivity contribution in [1.82, 2.24) is 4.98 Å². The lowest BCUT2D eigenvalue weighted by Crippen LogP contribution is -2.19. The van der Waals surface area contributed by atoms with E-state index in [1.807, 2.05) is 0 Å². The first-order valence-corrected chi connectivity index (χ1v) is 10.0. The number of carbonyl (C=O) groups is 2. The van der Waals surface area contributed by atoms with Gasteiger partial charge >= 0.3 is 5.97 Å². The van der Waals surface area contributed by atoms with E-state index in [9.17, 15) is 14.0 Å². The molecule has 3 rings (SSSR count). The molecule has 0 atom stereocenters. The molecule has 1 aromatic carbocycles. The Morgan fingerprint density at radius 2 is 1.76 bits per heavy atom. The minimum atomic E-state index is -0.525. The largest absolute Gasteiger partial charge is 0.462 e. The molecule has 2 aromatic heterocycles. The summed E-state index contributed by atoms with van der Waals surface area (Å²) in [4.78, 5) is 30.0. The maximum Gasteiger partial charge on any atom is 0.341 e. The van der Waals surface area contributed by atoms with Gasteiger partial charge in [0.15, 0.2) is 0 Å². The van der Waals surface area contributed by atoms with E-state index in [0.717, 1.165) is 16.0 Å². The minimum absolute atomic E-state index is 0.202. The summed E-state index contributed by atoms with van der Waals surface area (Å²) >= 11 is 1.26. The topological polar surface area (TPSA) is 68.3 Å². The third kappa shape index (κ3) is 4.51. The van der Waals surface area contributed by atoms with Crippen LogP contribution in [0.15, 0.2) is 48.8 Å². The molecule has 0 saturated heterocycles. The number of nitrogens with zero attached hydrogens (tertiary/aromatic N) is 1. The monoisotopic (exact) mass is 412 g/mol. The number of esters is 1. The Bertz CT molecular complexity index is 1010. The van der Waals surface area contributed by atoms with E-state index in [0.29, 0.717) is 10.6 Å². The van der Waals surface area contributed by atoms with Gasteiger partial charge in [-0.2, -0.15) is 0 Å². The highest BCUT2D eigenvalue weighted by atomic mass is 32.1. The second-order valence-corrected chi connectivity index (χ2v) is 7.64. The van der Waals surface area contributed by atoms with Gasteiger partial charge in [-0.25, -0.2) is 9.18 Å². The minimum Gasteiger partial charge on any atom is -0.462 e. The quantitative estimate of drug-likeness (QED) is 0.552. The van der Waals surface area contributed by atoms with Crippen LogP contribution >= 0.6 is 11.3 Å². The maximum atomic E-state index is 13.5. The molecule has 0 aliphatic heterocycles. The van der Waals surface area contributed by atoms with E-state index in [1.165, 1.54) is 23.5 Å². The first-order valence-electron chi connectivity index (χ1n) is 9.23. The Balaban J connectivity index is 2.27. The van der Waals surface area contributed by atoms with Gasteiger partial charge in [0.25, 0.3) is 0 Å². The van der Waals surface area contributed by atoms with Gasteiger partial charge in [-0.3, -0.25) is 9.78 Å². The molecule has 2 heterocycles. The Hall–Kier alpha value is -3.06. The summed E-state index contributed by atoms with van der Waals surface area (Å²) in [6.07, 6.45) is 3.26. The number of benzene rings is 1. The number of amides is 1. The van der Waals surface area contributed by atoms with Crippen LogP contribution in [0.1, 0.15) is 31.1 Å². The zero-order valence-electron chi connectivity index (χ0n) is 16.4. The molecule has 0 aliphatic carbocycles. The summed E-state index contributed by atoms with van der Waals surface area (Å²) in [5.41, 5.74) is 2.40. The summed E-state index contributed by atoms with van der Waals surface area (Å²) in [7, 11) is 0. The molecular formula is C22H21FN2O3S. The number of aromatic nitrogens is 1. The highest BCUT2D eigenvalue weighted by Crippen LogP contribution is 2.46. The fraction of sp³-hybridized carbons (Fsp3) is 0.227. The van der Waals surface area contributed by atoms with Crippen molar-refractivity contribution < 1.29 is 18.7 Å². The van der Waals surface area contributed by atoms with Crippen molar-refractivity contribution >= 4 is 28.2 Å². The molecule has 5 nitrogen and oxygen atoms in total. The number of ether oxygens (including phenoxy) is 1. The van der Waals surface area contributed by atoms with Gasteiger partial charge in [0.2, 0.25) is 5.91 Å². The van der Waals surface area contributed by atoms with Crippen LogP contribution in [0, 0.1) is 11.7 Å². The van der Waals surface area contributed by atoms with Gasteiger partial charge < -0.3 is 10.1 Å². The van der Waals surface area contributed by atoms with Gasteiger partial charge in [0, 0.05) is 28.8 Å². The van der Waals surface area contributed by atoms with Crippen LogP contribution in [-0.2, 0) is 9.53 Å². The predicted molar refractivity (Wildman–Crippen MR) is 112 cm³/mol. The van der Waals surface area contributed by atoms with Crippen molar-refractivity contribution in [2.75, 3.05) is 11.9 Å². The smallest absolute Gasteiger partial charge is 0.341 e. The van der Waals surface area contributed by atoms with E-state index >= 15 is 0 Å². The first kappa shape index (κ1) is 20.7. The average molecular weight is 412 g/mol. The Labute approximate surface area is 172 Å². The van der Waals surface area contributed by atoms with Crippen LogP contribution in [0.25, 0.3) is 21.6 Å². The molecule has 0 bridgehead atoms. The summed E-state index contributed by atoms with van der Waals surface area (Å²) in [5.74, 6) is -1.34. The number of pyridine rings is 1. The van der Waals surface area contributed by atoms with Gasteiger partial charge in [0.1, 0.15) is 16.4 Å². The van der Waals surface area contributed by atoms with Gasteiger partial charge in [0.05, 0.1) is 6.61 Å². The molecule has 0 fully saturated rings. The van der Waals surface area contributed by atoms with E-state index in [2.05, 4.69) is 10.3 Å². The Morgan fingerprint density at radius 3 is 2.34 bits per heavy atom. The molecule has 29 heavy (non-hydrogen) atoms. The molecule has 150 valence electrons. The average Bonchev–Trinajstić information content (AvgIpc) is 3.08. The second kappa shape index (κ2) is 8.96.